The van der Waals surface area contributed by atoms with E-state index in [4.69, 9.17) is 9.63 Å². The number of aromatic nitrogens is 5. The molecule has 0 bridgehead atoms. The summed E-state index contributed by atoms with van der Waals surface area (Å²) in [5.74, 6) is -2.16. The Hall–Kier alpha value is -4.15. The van der Waals surface area contributed by atoms with E-state index in [0.717, 1.165) is 6.20 Å². The SMILES string of the molecule is O=C(O)CCNc1nc(-c2cc(-c3ccon3)n(Cc3ccccc3F)n2)ncc1F. The number of rotatable bonds is 8. The van der Waals surface area contributed by atoms with Crippen LogP contribution in [0.1, 0.15) is 12.0 Å². The first-order valence-electron chi connectivity index (χ1n) is 9.22. The van der Waals surface area contributed by atoms with Gasteiger partial charge in [-0.25, -0.2) is 18.7 Å². The average molecular weight is 426 g/mol. The molecule has 0 saturated heterocycles. The van der Waals surface area contributed by atoms with Crippen LogP contribution in [0, 0.1) is 11.6 Å². The molecule has 11 heteroatoms. The van der Waals surface area contributed by atoms with E-state index in [1.807, 2.05) is 0 Å². The molecule has 2 N–H and O–H groups in total. The van der Waals surface area contributed by atoms with Crippen molar-refractivity contribution in [3.05, 3.63) is 66.1 Å². The first-order valence-corrected chi connectivity index (χ1v) is 9.22. The Morgan fingerprint density at radius 2 is 2.00 bits per heavy atom. The van der Waals surface area contributed by atoms with E-state index in [0.29, 0.717) is 22.6 Å². The molecule has 0 fully saturated rings. The molecule has 0 atom stereocenters. The van der Waals surface area contributed by atoms with Gasteiger partial charge in [0.2, 0.25) is 0 Å². The first-order chi connectivity index (χ1) is 15.0. The summed E-state index contributed by atoms with van der Waals surface area (Å²) in [6.45, 7) is 0.106. The third-order valence-corrected chi connectivity index (χ3v) is 4.36. The van der Waals surface area contributed by atoms with Crippen LogP contribution in [0.15, 0.2) is 53.4 Å². The van der Waals surface area contributed by atoms with E-state index >= 15 is 0 Å². The summed E-state index contributed by atoms with van der Waals surface area (Å²) in [5, 5.41) is 19.7. The molecule has 0 unspecified atom stereocenters. The van der Waals surface area contributed by atoms with Gasteiger partial charge in [0.1, 0.15) is 23.5 Å². The monoisotopic (exact) mass is 426 g/mol. The summed E-state index contributed by atoms with van der Waals surface area (Å²) in [5.41, 5.74) is 1.71. The lowest BCUT2D eigenvalue weighted by atomic mass is 10.2. The molecule has 0 spiro atoms. The Kier molecular flexibility index (Phi) is 5.65. The van der Waals surface area contributed by atoms with Crippen LogP contribution in [0.2, 0.25) is 0 Å². The fourth-order valence-corrected chi connectivity index (χ4v) is 2.89. The van der Waals surface area contributed by atoms with Crippen molar-refractivity contribution in [3.8, 4) is 22.9 Å². The maximum atomic E-state index is 14.2. The largest absolute Gasteiger partial charge is 0.481 e. The van der Waals surface area contributed by atoms with E-state index in [-0.39, 0.29) is 37.0 Å². The minimum atomic E-state index is -1.02. The van der Waals surface area contributed by atoms with Crippen molar-refractivity contribution in [2.24, 2.45) is 0 Å². The second kappa shape index (κ2) is 8.69. The standard InChI is InChI=1S/C20H16F2N6O3/c21-13-4-2-1-3-12(13)11-28-17(15-6-8-31-27-15)9-16(26-28)20-24-10-14(22)19(25-20)23-7-5-18(29)30/h1-4,6,8-10H,5,7,11H2,(H,29,30)(H,23,24,25). The minimum absolute atomic E-state index is 0.00534. The Labute approximate surface area is 174 Å². The van der Waals surface area contributed by atoms with Crippen molar-refractivity contribution in [1.82, 2.24) is 24.9 Å². The van der Waals surface area contributed by atoms with E-state index in [1.54, 1.807) is 30.3 Å². The molecule has 0 aliphatic rings. The second-order valence-electron chi connectivity index (χ2n) is 6.51. The topological polar surface area (TPSA) is 119 Å². The first kappa shape index (κ1) is 20.1. The summed E-state index contributed by atoms with van der Waals surface area (Å²) < 4.78 is 34.6. The second-order valence-corrected chi connectivity index (χ2v) is 6.51. The number of benzene rings is 1. The average Bonchev–Trinajstić information content (AvgIpc) is 3.41. The summed E-state index contributed by atoms with van der Waals surface area (Å²) in [6.07, 6.45) is 2.16. The zero-order valence-electron chi connectivity index (χ0n) is 16.0. The maximum absolute atomic E-state index is 14.2. The lowest BCUT2D eigenvalue weighted by Crippen LogP contribution is -2.11. The lowest BCUT2D eigenvalue weighted by Gasteiger charge is -2.07. The fraction of sp³-hybridized carbons (Fsp3) is 0.150. The van der Waals surface area contributed by atoms with Gasteiger partial charge in [0.25, 0.3) is 0 Å². The van der Waals surface area contributed by atoms with E-state index in [9.17, 15) is 13.6 Å². The molecule has 4 aromatic rings. The maximum Gasteiger partial charge on any atom is 0.305 e. The van der Waals surface area contributed by atoms with Crippen molar-refractivity contribution < 1.29 is 23.2 Å². The molecule has 3 aromatic heterocycles. The van der Waals surface area contributed by atoms with Gasteiger partial charge in [-0.3, -0.25) is 9.48 Å². The van der Waals surface area contributed by atoms with Crippen LogP contribution in [0.25, 0.3) is 22.9 Å². The molecule has 4 rings (SSSR count). The molecule has 31 heavy (non-hydrogen) atoms. The lowest BCUT2D eigenvalue weighted by molar-refractivity contribution is -0.136. The van der Waals surface area contributed by atoms with E-state index in [2.05, 4.69) is 25.5 Å². The van der Waals surface area contributed by atoms with Gasteiger partial charge < -0.3 is 14.9 Å². The number of carboxylic acids is 1. The Morgan fingerprint density at radius 1 is 1.16 bits per heavy atom. The molecule has 158 valence electrons. The zero-order valence-corrected chi connectivity index (χ0v) is 16.0. The number of hydrogen-bond acceptors (Lipinski definition) is 7. The van der Waals surface area contributed by atoms with Crippen molar-refractivity contribution in [2.45, 2.75) is 13.0 Å². The van der Waals surface area contributed by atoms with Crippen LogP contribution in [0.4, 0.5) is 14.6 Å². The predicted molar refractivity (Wildman–Crippen MR) is 105 cm³/mol. The summed E-state index contributed by atoms with van der Waals surface area (Å²) in [6, 6.07) is 9.57. The molecular weight excluding hydrogens is 410 g/mol. The molecule has 0 amide bonds. The van der Waals surface area contributed by atoms with Crippen LogP contribution < -0.4 is 5.32 Å². The predicted octanol–water partition coefficient (Wildman–Crippen LogP) is 3.21. The molecule has 1 aromatic carbocycles. The third-order valence-electron chi connectivity index (χ3n) is 4.36. The van der Waals surface area contributed by atoms with Crippen molar-refractivity contribution in [2.75, 3.05) is 11.9 Å². The van der Waals surface area contributed by atoms with Gasteiger partial charge in [-0.2, -0.15) is 5.10 Å². The minimum Gasteiger partial charge on any atom is -0.481 e. The number of anilines is 1. The molecule has 3 heterocycles. The number of nitrogens with one attached hydrogen (secondary N) is 1. The summed E-state index contributed by atoms with van der Waals surface area (Å²) >= 11 is 0. The number of hydrogen-bond donors (Lipinski definition) is 2. The third kappa shape index (κ3) is 4.55. The normalized spacial score (nSPS) is 10.9. The van der Waals surface area contributed by atoms with Gasteiger partial charge in [-0.1, -0.05) is 23.4 Å². The van der Waals surface area contributed by atoms with Crippen LogP contribution in [0.5, 0.6) is 0 Å². The Bertz CT molecular complexity index is 1210. The summed E-state index contributed by atoms with van der Waals surface area (Å²) in [4.78, 5) is 18.8. The quantitative estimate of drug-likeness (QED) is 0.441. The molecule has 0 aliphatic carbocycles. The number of nitrogens with zero attached hydrogens (tertiary/aromatic N) is 5. The molecular formula is C20H16F2N6O3. The van der Waals surface area contributed by atoms with Gasteiger partial charge in [0.05, 0.1) is 24.9 Å². The number of aliphatic carboxylic acids is 1. The smallest absolute Gasteiger partial charge is 0.305 e. The van der Waals surface area contributed by atoms with Crippen molar-refractivity contribution >= 4 is 11.8 Å². The van der Waals surface area contributed by atoms with Gasteiger partial charge in [0.15, 0.2) is 17.5 Å². The Balaban J connectivity index is 1.69. The van der Waals surface area contributed by atoms with Crippen LogP contribution in [-0.2, 0) is 11.3 Å². The fourth-order valence-electron chi connectivity index (χ4n) is 2.89. The molecule has 0 aliphatic heterocycles. The van der Waals surface area contributed by atoms with Gasteiger partial charge in [-0.15, -0.1) is 0 Å². The Morgan fingerprint density at radius 3 is 2.74 bits per heavy atom. The zero-order chi connectivity index (χ0) is 21.8. The van der Waals surface area contributed by atoms with Gasteiger partial charge >= 0.3 is 5.97 Å². The highest BCUT2D eigenvalue weighted by molar-refractivity contribution is 5.67. The number of carboxylic acid groups (broad SMARTS) is 1. The van der Waals surface area contributed by atoms with E-state index in [1.165, 1.54) is 17.0 Å². The van der Waals surface area contributed by atoms with E-state index < -0.39 is 11.8 Å². The highest BCUT2D eigenvalue weighted by Crippen LogP contribution is 2.25. The summed E-state index contributed by atoms with van der Waals surface area (Å²) in [7, 11) is 0. The van der Waals surface area contributed by atoms with Gasteiger partial charge in [0, 0.05) is 18.2 Å². The van der Waals surface area contributed by atoms with Crippen LogP contribution in [-0.4, -0.2) is 42.5 Å². The molecule has 0 radical (unpaired) electrons. The van der Waals surface area contributed by atoms with Crippen molar-refractivity contribution in [3.63, 3.8) is 0 Å². The highest BCUT2D eigenvalue weighted by Gasteiger charge is 2.18. The highest BCUT2D eigenvalue weighted by atomic mass is 19.1. The van der Waals surface area contributed by atoms with Gasteiger partial charge in [-0.05, 0) is 12.1 Å². The van der Waals surface area contributed by atoms with Crippen LogP contribution in [0.3, 0.4) is 0 Å². The van der Waals surface area contributed by atoms with Crippen molar-refractivity contribution in [1.29, 1.82) is 0 Å². The van der Waals surface area contributed by atoms with Crippen LogP contribution >= 0.6 is 0 Å². The molecule has 9 nitrogen and oxygen atoms in total. The molecule has 0 saturated carbocycles. The number of carbonyl (C=O) groups is 1. The number of halogens is 2.